The van der Waals surface area contributed by atoms with E-state index in [0.29, 0.717) is 47.8 Å². The summed E-state index contributed by atoms with van der Waals surface area (Å²) < 4.78 is 31.1. The minimum absolute atomic E-state index is 0.0439. The van der Waals surface area contributed by atoms with Crippen LogP contribution in [0.25, 0.3) is 11.1 Å². The minimum Gasteiger partial charge on any atom is -0.481 e. The van der Waals surface area contributed by atoms with Crippen LogP contribution in [0.3, 0.4) is 0 Å². The molecule has 46 heavy (non-hydrogen) atoms. The van der Waals surface area contributed by atoms with Crippen LogP contribution in [0.4, 0.5) is 8.78 Å². The third-order valence-corrected chi connectivity index (χ3v) is 8.47. The van der Waals surface area contributed by atoms with E-state index in [1.807, 2.05) is 14.0 Å². The fraction of sp³-hybridized carbons (Fsp3) is 0.429. The molecule has 9 nitrogen and oxygen atoms in total. The molecule has 1 fully saturated rings. The lowest BCUT2D eigenvalue weighted by Gasteiger charge is -2.24. The first-order valence-corrected chi connectivity index (χ1v) is 15.6. The number of pyridine rings is 1. The van der Waals surface area contributed by atoms with E-state index in [1.165, 1.54) is 35.8 Å². The van der Waals surface area contributed by atoms with Gasteiger partial charge in [0.1, 0.15) is 23.2 Å². The predicted octanol–water partition coefficient (Wildman–Crippen LogP) is 5.04. The smallest absolute Gasteiger partial charge is 0.305 e. The SMILES string of the molecule is CCC[C@H](NC(=O)c1cccn(CCN(C)C2CC2)c1=O)C(=O)NC(CC(=O)O)c1cc(-c2c(C)cc(F)cc2C)cc(C)c1F. The van der Waals surface area contributed by atoms with Gasteiger partial charge in [-0.25, -0.2) is 8.78 Å². The first-order chi connectivity index (χ1) is 21.8. The molecule has 2 amide bonds. The minimum atomic E-state index is -1.28. The van der Waals surface area contributed by atoms with E-state index in [2.05, 4.69) is 15.5 Å². The lowest BCUT2D eigenvalue weighted by Crippen LogP contribution is -2.49. The number of carboxylic acid groups (broad SMARTS) is 1. The molecule has 3 N–H and O–H groups in total. The number of carbonyl (C=O) groups excluding carboxylic acids is 2. The van der Waals surface area contributed by atoms with E-state index in [0.717, 1.165) is 12.8 Å². The maximum absolute atomic E-state index is 15.6. The number of rotatable bonds is 14. The van der Waals surface area contributed by atoms with Crippen LogP contribution in [-0.4, -0.2) is 58.0 Å². The molecule has 0 radical (unpaired) electrons. The average molecular weight is 637 g/mol. The molecule has 1 aromatic heterocycles. The Morgan fingerprint density at radius 2 is 1.72 bits per heavy atom. The number of halogens is 2. The number of amides is 2. The van der Waals surface area contributed by atoms with Crippen LogP contribution in [0.5, 0.6) is 0 Å². The maximum Gasteiger partial charge on any atom is 0.305 e. The predicted molar refractivity (Wildman–Crippen MR) is 172 cm³/mol. The van der Waals surface area contributed by atoms with Crippen molar-refractivity contribution in [2.45, 2.75) is 84.5 Å². The number of likely N-dealkylation sites (N-methyl/N-ethyl adjacent to an activating group) is 1. The fourth-order valence-corrected chi connectivity index (χ4v) is 5.89. The average Bonchev–Trinajstić information content (AvgIpc) is 3.82. The third-order valence-electron chi connectivity index (χ3n) is 8.47. The Morgan fingerprint density at radius 3 is 2.33 bits per heavy atom. The van der Waals surface area contributed by atoms with E-state index in [4.69, 9.17) is 0 Å². The molecular formula is C35H42F2N4O5. The zero-order chi connectivity index (χ0) is 33.7. The monoisotopic (exact) mass is 636 g/mol. The maximum atomic E-state index is 15.6. The molecule has 0 aliphatic heterocycles. The molecule has 1 unspecified atom stereocenters. The Bertz CT molecular complexity index is 1660. The highest BCUT2D eigenvalue weighted by molar-refractivity contribution is 5.97. The summed E-state index contributed by atoms with van der Waals surface area (Å²) >= 11 is 0. The quantitative estimate of drug-likeness (QED) is 0.228. The molecule has 1 saturated carbocycles. The van der Waals surface area contributed by atoms with Gasteiger partial charge in [0.25, 0.3) is 11.5 Å². The Labute approximate surface area is 267 Å². The first-order valence-electron chi connectivity index (χ1n) is 15.6. The van der Waals surface area contributed by atoms with Crippen molar-refractivity contribution in [2.24, 2.45) is 0 Å². The van der Waals surface area contributed by atoms with Gasteiger partial charge in [0.15, 0.2) is 0 Å². The second-order valence-corrected chi connectivity index (χ2v) is 12.2. The van der Waals surface area contributed by atoms with Crippen LogP contribution in [0, 0.1) is 32.4 Å². The second kappa shape index (κ2) is 14.8. The number of hydrogen-bond donors (Lipinski definition) is 3. The molecule has 3 aromatic rings. The molecule has 2 atom stereocenters. The van der Waals surface area contributed by atoms with Crippen molar-refractivity contribution in [2.75, 3.05) is 13.6 Å². The first kappa shape index (κ1) is 34.5. The summed E-state index contributed by atoms with van der Waals surface area (Å²) in [6.07, 6.45) is 3.94. The Balaban J connectivity index is 1.59. The van der Waals surface area contributed by atoms with Gasteiger partial charge in [-0.1, -0.05) is 13.3 Å². The summed E-state index contributed by atoms with van der Waals surface area (Å²) in [6, 6.07) is 6.94. The summed E-state index contributed by atoms with van der Waals surface area (Å²) in [4.78, 5) is 54.1. The number of carbonyl (C=O) groups is 3. The molecule has 4 rings (SSSR count). The Morgan fingerprint density at radius 1 is 1.04 bits per heavy atom. The summed E-state index contributed by atoms with van der Waals surface area (Å²) in [5.41, 5.74) is 2.05. The highest BCUT2D eigenvalue weighted by Crippen LogP contribution is 2.34. The molecule has 2 aromatic carbocycles. The Kier molecular flexibility index (Phi) is 11.1. The van der Waals surface area contributed by atoms with Crippen molar-refractivity contribution in [3.8, 4) is 11.1 Å². The molecule has 11 heteroatoms. The topological polar surface area (TPSA) is 121 Å². The lowest BCUT2D eigenvalue weighted by molar-refractivity contribution is -0.137. The van der Waals surface area contributed by atoms with E-state index < -0.39 is 53.5 Å². The number of nitrogens with one attached hydrogen (secondary N) is 2. The van der Waals surface area contributed by atoms with Gasteiger partial charge in [-0.05, 0) is 111 Å². The van der Waals surface area contributed by atoms with E-state index in [-0.39, 0.29) is 23.1 Å². The number of aromatic nitrogens is 1. The molecule has 1 heterocycles. The summed E-state index contributed by atoms with van der Waals surface area (Å²) in [5.74, 6) is -3.80. The molecule has 0 saturated heterocycles. The van der Waals surface area contributed by atoms with Crippen LogP contribution < -0.4 is 16.2 Å². The molecule has 246 valence electrons. The van der Waals surface area contributed by atoms with Gasteiger partial charge in [0.2, 0.25) is 5.91 Å². The van der Waals surface area contributed by atoms with Gasteiger partial charge >= 0.3 is 5.97 Å². The number of benzene rings is 2. The van der Waals surface area contributed by atoms with Gasteiger partial charge in [-0.2, -0.15) is 0 Å². The van der Waals surface area contributed by atoms with Crippen molar-refractivity contribution in [3.05, 3.63) is 92.4 Å². The van der Waals surface area contributed by atoms with Gasteiger partial charge in [-0.15, -0.1) is 0 Å². The van der Waals surface area contributed by atoms with Crippen LogP contribution >= 0.6 is 0 Å². The summed E-state index contributed by atoms with van der Waals surface area (Å²) in [5, 5.41) is 15.0. The lowest BCUT2D eigenvalue weighted by atomic mass is 9.90. The molecular weight excluding hydrogens is 594 g/mol. The molecule has 0 bridgehead atoms. The van der Waals surface area contributed by atoms with Crippen LogP contribution in [0.2, 0.25) is 0 Å². The van der Waals surface area contributed by atoms with E-state index in [1.54, 1.807) is 32.2 Å². The highest BCUT2D eigenvalue weighted by atomic mass is 19.1. The van der Waals surface area contributed by atoms with Gasteiger partial charge < -0.3 is 25.2 Å². The van der Waals surface area contributed by atoms with E-state index in [9.17, 15) is 28.7 Å². The van der Waals surface area contributed by atoms with Crippen molar-refractivity contribution in [3.63, 3.8) is 0 Å². The largest absolute Gasteiger partial charge is 0.481 e. The third kappa shape index (κ3) is 8.25. The molecule has 0 spiro atoms. The van der Waals surface area contributed by atoms with Crippen molar-refractivity contribution in [1.82, 2.24) is 20.1 Å². The van der Waals surface area contributed by atoms with Crippen LogP contribution in [0.15, 0.2) is 47.4 Å². The number of aryl methyl sites for hydroxylation is 3. The molecule has 1 aliphatic carbocycles. The fourth-order valence-electron chi connectivity index (χ4n) is 5.89. The van der Waals surface area contributed by atoms with Crippen molar-refractivity contribution in [1.29, 1.82) is 0 Å². The number of hydrogen-bond acceptors (Lipinski definition) is 5. The van der Waals surface area contributed by atoms with E-state index >= 15 is 4.39 Å². The van der Waals surface area contributed by atoms with Crippen molar-refractivity contribution >= 4 is 17.8 Å². The number of carboxylic acids is 1. The standard InChI is InChI=1S/C35H42F2N4O5/c1-6-8-28(38-33(44)26-9-7-12-41(35(26)46)14-13-40(5)25-10-11-25)34(45)39-29(19-30(42)43)27-18-23(15-22(4)32(27)37)31-20(2)16-24(36)17-21(31)3/h7,9,12,15-18,25,28-29H,6,8,10-11,13-14,19H2,1-5H3,(H,38,44)(H,39,45)(H,42,43)/t28-,29?/m0/s1. The van der Waals surface area contributed by atoms with Crippen molar-refractivity contribution < 1.29 is 28.3 Å². The second-order valence-electron chi connectivity index (χ2n) is 12.2. The van der Waals surface area contributed by atoms with Crippen LogP contribution in [0.1, 0.15) is 77.7 Å². The van der Waals surface area contributed by atoms with Gasteiger partial charge in [0.05, 0.1) is 12.5 Å². The zero-order valence-electron chi connectivity index (χ0n) is 27.0. The van der Waals surface area contributed by atoms with Gasteiger partial charge in [-0.3, -0.25) is 19.2 Å². The van der Waals surface area contributed by atoms with Crippen LogP contribution in [-0.2, 0) is 16.1 Å². The Hall–Kier alpha value is -4.38. The summed E-state index contributed by atoms with van der Waals surface area (Å²) in [6.45, 7) is 7.86. The van der Waals surface area contributed by atoms with Gasteiger partial charge in [0, 0.05) is 30.9 Å². The highest BCUT2D eigenvalue weighted by Gasteiger charge is 2.29. The molecule has 1 aliphatic rings. The normalized spacial score (nSPS) is 14.2. The number of aliphatic carboxylic acids is 1. The zero-order valence-corrected chi connectivity index (χ0v) is 27.0. The number of nitrogens with zero attached hydrogens (tertiary/aromatic N) is 2. The summed E-state index contributed by atoms with van der Waals surface area (Å²) in [7, 11) is 2.00.